The number of sulfonamides is 1. The first-order valence-corrected chi connectivity index (χ1v) is 7.52. The highest BCUT2D eigenvalue weighted by atomic mass is 32.2. The van der Waals surface area contributed by atoms with E-state index in [-0.39, 0.29) is 10.9 Å². The average Bonchev–Trinajstić information content (AvgIpc) is 2.39. The topological polar surface area (TPSA) is 93.2 Å². The van der Waals surface area contributed by atoms with Crippen molar-refractivity contribution in [1.82, 2.24) is 14.7 Å². The lowest BCUT2D eigenvalue weighted by atomic mass is 10.2. The highest BCUT2D eigenvalue weighted by Gasteiger charge is 2.20. The molecular weight excluding hydrogens is 268 g/mol. The molecule has 0 bridgehead atoms. The van der Waals surface area contributed by atoms with Crippen LogP contribution in [-0.4, -0.2) is 45.2 Å². The number of rotatable bonds is 8. The van der Waals surface area contributed by atoms with Gasteiger partial charge in [0, 0.05) is 20.2 Å². The molecular formula is C11H20N4O3S. The van der Waals surface area contributed by atoms with Gasteiger partial charge in [-0.1, -0.05) is 13.3 Å². The number of aromatic nitrogens is 2. The fourth-order valence-corrected chi connectivity index (χ4v) is 2.74. The summed E-state index contributed by atoms with van der Waals surface area (Å²) in [6.07, 6.45) is 4.13. The molecule has 1 atom stereocenters. The zero-order valence-electron chi connectivity index (χ0n) is 11.4. The van der Waals surface area contributed by atoms with E-state index in [0.29, 0.717) is 19.0 Å². The highest BCUT2D eigenvalue weighted by molar-refractivity contribution is 7.89. The minimum Gasteiger partial charge on any atom is -0.383 e. The van der Waals surface area contributed by atoms with Gasteiger partial charge in [0.1, 0.15) is 4.90 Å². The fraction of sp³-hybridized carbons (Fsp3) is 0.636. The molecule has 19 heavy (non-hydrogen) atoms. The normalized spacial score (nSPS) is 13.2. The molecule has 2 N–H and O–H groups in total. The Hall–Kier alpha value is -1.25. The fourth-order valence-electron chi connectivity index (χ4n) is 1.60. The summed E-state index contributed by atoms with van der Waals surface area (Å²) in [7, 11) is -0.404. The Morgan fingerprint density at radius 2 is 2.00 bits per heavy atom. The molecule has 1 aromatic heterocycles. The van der Waals surface area contributed by atoms with E-state index >= 15 is 0 Å². The Balaban J connectivity index is 2.83. The van der Waals surface area contributed by atoms with Crippen LogP contribution in [0.15, 0.2) is 17.3 Å². The van der Waals surface area contributed by atoms with Crippen LogP contribution in [0.4, 0.5) is 5.95 Å². The van der Waals surface area contributed by atoms with Gasteiger partial charge in [0.05, 0.1) is 19.0 Å². The minimum atomic E-state index is -3.61. The van der Waals surface area contributed by atoms with E-state index in [2.05, 4.69) is 20.0 Å². The molecule has 0 spiro atoms. The maximum absolute atomic E-state index is 12.1. The number of nitrogens with one attached hydrogen (secondary N) is 2. The van der Waals surface area contributed by atoms with Crippen molar-refractivity contribution in [3.8, 4) is 0 Å². The molecule has 1 heterocycles. The summed E-state index contributed by atoms with van der Waals surface area (Å²) in [5, 5.41) is 2.73. The molecule has 0 aliphatic carbocycles. The lowest BCUT2D eigenvalue weighted by Crippen LogP contribution is -2.38. The number of anilines is 1. The molecule has 1 rings (SSSR count). The molecule has 0 aromatic carbocycles. The third kappa shape index (κ3) is 4.73. The molecule has 8 heteroatoms. The van der Waals surface area contributed by atoms with E-state index < -0.39 is 10.0 Å². The SMILES string of the molecule is CCCC(COC)NS(=O)(=O)c1cnc(NC)nc1. The Bertz CT molecular complexity index is 469. The molecule has 0 saturated carbocycles. The van der Waals surface area contributed by atoms with Gasteiger partial charge in [-0.05, 0) is 6.42 Å². The van der Waals surface area contributed by atoms with E-state index in [1.165, 1.54) is 12.4 Å². The summed E-state index contributed by atoms with van der Waals surface area (Å²) in [5.74, 6) is 0.376. The van der Waals surface area contributed by atoms with Crippen LogP contribution in [0.1, 0.15) is 19.8 Å². The van der Waals surface area contributed by atoms with Crippen molar-refractivity contribution in [2.75, 3.05) is 26.1 Å². The van der Waals surface area contributed by atoms with E-state index in [4.69, 9.17) is 4.74 Å². The zero-order chi connectivity index (χ0) is 14.3. The first-order chi connectivity index (χ1) is 9.03. The van der Waals surface area contributed by atoms with Gasteiger partial charge in [-0.3, -0.25) is 0 Å². The van der Waals surface area contributed by atoms with Gasteiger partial charge in [-0.25, -0.2) is 23.1 Å². The van der Waals surface area contributed by atoms with E-state index in [9.17, 15) is 8.42 Å². The predicted octanol–water partition coefficient (Wildman–Crippen LogP) is 0.612. The molecule has 0 amide bonds. The van der Waals surface area contributed by atoms with Crippen molar-refractivity contribution in [2.45, 2.75) is 30.7 Å². The molecule has 0 fully saturated rings. The van der Waals surface area contributed by atoms with Crippen LogP contribution >= 0.6 is 0 Å². The van der Waals surface area contributed by atoms with Gasteiger partial charge >= 0.3 is 0 Å². The highest BCUT2D eigenvalue weighted by Crippen LogP contribution is 2.09. The Morgan fingerprint density at radius 3 is 2.47 bits per heavy atom. The second-order valence-electron chi connectivity index (χ2n) is 4.05. The number of hydrogen-bond donors (Lipinski definition) is 2. The van der Waals surface area contributed by atoms with E-state index in [1.807, 2.05) is 6.92 Å². The van der Waals surface area contributed by atoms with E-state index in [1.54, 1.807) is 14.2 Å². The van der Waals surface area contributed by atoms with Crippen LogP contribution in [0.2, 0.25) is 0 Å². The first kappa shape index (κ1) is 15.8. The smallest absolute Gasteiger partial charge is 0.243 e. The van der Waals surface area contributed by atoms with E-state index in [0.717, 1.165) is 6.42 Å². The Labute approximate surface area is 113 Å². The van der Waals surface area contributed by atoms with Gasteiger partial charge in [-0.15, -0.1) is 0 Å². The third-order valence-corrected chi connectivity index (χ3v) is 3.96. The second-order valence-corrected chi connectivity index (χ2v) is 5.77. The van der Waals surface area contributed by atoms with Crippen LogP contribution in [0.3, 0.4) is 0 Å². The van der Waals surface area contributed by atoms with Gasteiger partial charge < -0.3 is 10.1 Å². The summed E-state index contributed by atoms with van der Waals surface area (Å²) in [4.78, 5) is 7.83. The van der Waals surface area contributed by atoms with Crippen molar-refractivity contribution in [2.24, 2.45) is 0 Å². The maximum Gasteiger partial charge on any atom is 0.243 e. The summed E-state index contributed by atoms with van der Waals surface area (Å²) >= 11 is 0. The van der Waals surface area contributed by atoms with Gasteiger partial charge in [0.25, 0.3) is 0 Å². The monoisotopic (exact) mass is 288 g/mol. The molecule has 7 nitrogen and oxygen atoms in total. The van der Waals surface area contributed by atoms with Gasteiger partial charge in [0.15, 0.2) is 0 Å². The number of ether oxygens (including phenoxy) is 1. The van der Waals surface area contributed by atoms with Gasteiger partial charge in [0.2, 0.25) is 16.0 Å². The van der Waals surface area contributed by atoms with Crippen LogP contribution in [-0.2, 0) is 14.8 Å². The predicted molar refractivity (Wildman–Crippen MR) is 72.5 cm³/mol. The first-order valence-electron chi connectivity index (χ1n) is 6.04. The number of nitrogens with zero attached hydrogens (tertiary/aromatic N) is 2. The van der Waals surface area contributed by atoms with Crippen molar-refractivity contribution < 1.29 is 13.2 Å². The largest absolute Gasteiger partial charge is 0.383 e. The molecule has 0 aliphatic heterocycles. The molecule has 108 valence electrons. The summed E-state index contributed by atoms with van der Waals surface area (Å²) in [5.41, 5.74) is 0. The molecule has 1 aromatic rings. The molecule has 0 radical (unpaired) electrons. The van der Waals surface area contributed by atoms with Crippen LogP contribution in [0.5, 0.6) is 0 Å². The number of methoxy groups -OCH3 is 1. The molecule has 1 unspecified atom stereocenters. The van der Waals surface area contributed by atoms with Crippen molar-refractivity contribution in [3.05, 3.63) is 12.4 Å². The summed E-state index contributed by atoms with van der Waals surface area (Å²) in [6, 6.07) is -0.246. The standard InChI is InChI=1S/C11H20N4O3S/c1-4-5-9(8-18-3)15-19(16,17)10-6-13-11(12-2)14-7-10/h6-7,9,15H,4-5,8H2,1-3H3,(H,12,13,14). The summed E-state index contributed by atoms with van der Waals surface area (Å²) in [6.45, 7) is 2.32. The summed E-state index contributed by atoms with van der Waals surface area (Å²) < 4.78 is 31.9. The van der Waals surface area contributed by atoms with Crippen molar-refractivity contribution >= 4 is 16.0 Å². The van der Waals surface area contributed by atoms with Crippen molar-refractivity contribution in [1.29, 1.82) is 0 Å². The third-order valence-electron chi connectivity index (χ3n) is 2.49. The Morgan fingerprint density at radius 1 is 1.37 bits per heavy atom. The second kappa shape index (κ2) is 7.37. The zero-order valence-corrected chi connectivity index (χ0v) is 12.2. The molecule has 0 aliphatic rings. The Kier molecular flexibility index (Phi) is 6.13. The minimum absolute atomic E-state index is 0.0451. The lowest BCUT2D eigenvalue weighted by Gasteiger charge is -2.17. The van der Waals surface area contributed by atoms with Gasteiger partial charge in [-0.2, -0.15) is 0 Å². The maximum atomic E-state index is 12.1. The molecule has 0 saturated heterocycles. The van der Waals surface area contributed by atoms with Crippen LogP contribution in [0.25, 0.3) is 0 Å². The van der Waals surface area contributed by atoms with Crippen molar-refractivity contribution in [3.63, 3.8) is 0 Å². The van der Waals surface area contributed by atoms with Crippen LogP contribution < -0.4 is 10.0 Å². The average molecular weight is 288 g/mol. The number of hydrogen-bond acceptors (Lipinski definition) is 6. The lowest BCUT2D eigenvalue weighted by molar-refractivity contribution is 0.171. The van der Waals surface area contributed by atoms with Crippen LogP contribution in [0, 0.1) is 0 Å². The quantitative estimate of drug-likeness (QED) is 0.728.